The predicted octanol–water partition coefficient (Wildman–Crippen LogP) is 6.95. The maximum Gasteiger partial charge on any atom is 0.408 e. The molecule has 2 aromatic rings. The molecule has 12 heteroatoms. The fourth-order valence-electron chi connectivity index (χ4n) is 5.02. The van der Waals surface area contributed by atoms with Gasteiger partial charge in [-0.3, -0.25) is 4.79 Å². The van der Waals surface area contributed by atoms with E-state index in [2.05, 4.69) is 10.6 Å². The van der Waals surface area contributed by atoms with Crippen LogP contribution in [0, 0.1) is 0 Å². The normalized spacial score (nSPS) is 14.4. The summed E-state index contributed by atoms with van der Waals surface area (Å²) in [4.78, 5) is 61.4. The molecule has 52 heavy (non-hydrogen) atoms. The Kier molecular flexibility index (Phi) is 18.5. The Bertz CT molecular complexity index is 1420. The zero-order valence-electron chi connectivity index (χ0n) is 33.0. The molecule has 5 unspecified atom stereocenters. The third kappa shape index (κ3) is 18.7. The number of carbonyl (C=O) groups is 5. The summed E-state index contributed by atoms with van der Waals surface area (Å²) in [6, 6.07) is 16.8. The van der Waals surface area contributed by atoms with Crippen LogP contribution in [0.5, 0.6) is 0 Å². The zero-order valence-corrected chi connectivity index (χ0v) is 33.0. The van der Waals surface area contributed by atoms with Gasteiger partial charge in [-0.25, -0.2) is 19.2 Å². The van der Waals surface area contributed by atoms with Crippen molar-refractivity contribution in [3.63, 3.8) is 0 Å². The molecule has 0 heterocycles. The maximum absolute atomic E-state index is 12.5. The van der Waals surface area contributed by atoms with Crippen molar-refractivity contribution in [1.82, 2.24) is 10.6 Å². The number of alkyl carbamates (subject to hydrolysis) is 2. The van der Waals surface area contributed by atoms with Crippen LogP contribution in [-0.4, -0.2) is 71.4 Å². The molecule has 12 nitrogen and oxygen atoms in total. The Morgan fingerprint density at radius 3 is 1.31 bits per heavy atom. The smallest absolute Gasteiger partial charge is 0.408 e. The highest BCUT2D eigenvalue weighted by Gasteiger charge is 2.32. The van der Waals surface area contributed by atoms with Gasteiger partial charge in [-0.15, -0.1) is 0 Å². The average molecular weight is 728 g/mol. The van der Waals surface area contributed by atoms with E-state index in [9.17, 15) is 24.0 Å². The van der Waals surface area contributed by atoms with Crippen molar-refractivity contribution in [2.45, 2.75) is 149 Å². The molecular formula is C40H61N3O9. The van der Waals surface area contributed by atoms with Crippen LogP contribution in [0.4, 0.5) is 9.59 Å². The van der Waals surface area contributed by atoms with Gasteiger partial charge in [-0.05, 0) is 107 Å². The van der Waals surface area contributed by atoms with E-state index in [1.54, 1.807) is 69.2 Å². The molecule has 0 saturated carbocycles. The Hall–Kier alpha value is -4.45. The number of rotatable bonds is 14. The fourth-order valence-corrected chi connectivity index (χ4v) is 5.02. The Labute approximate surface area is 309 Å². The molecule has 2 rings (SSSR count). The number of ketones is 1. The van der Waals surface area contributed by atoms with E-state index in [0.29, 0.717) is 6.42 Å². The molecule has 2 aromatic carbocycles. The first-order valence-electron chi connectivity index (χ1n) is 17.7. The summed E-state index contributed by atoms with van der Waals surface area (Å²) >= 11 is 0. The molecular weight excluding hydrogens is 666 g/mol. The number of nitrogens with one attached hydrogen (secondary N) is 2. The van der Waals surface area contributed by atoms with E-state index in [4.69, 9.17) is 24.7 Å². The van der Waals surface area contributed by atoms with Gasteiger partial charge in [-0.2, -0.15) is 0 Å². The topological polar surface area (TPSA) is 172 Å². The molecule has 0 aromatic heterocycles. The van der Waals surface area contributed by atoms with Crippen molar-refractivity contribution in [2.75, 3.05) is 0 Å². The van der Waals surface area contributed by atoms with Crippen molar-refractivity contribution < 1.29 is 42.9 Å². The summed E-state index contributed by atoms with van der Waals surface area (Å²) in [7, 11) is 0. The van der Waals surface area contributed by atoms with Gasteiger partial charge in [0.15, 0.2) is 0 Å². The van der Waals surface area contributed by atoms with Crippen LogP contribution in [0.2, 0.25) is 0 Å². The van der Waals surface area contributed by atoms with Gasteiger partial charge in [0.1, 0.15) is 29.1 Å². The highest BCUT2D eigenvalue weighted by molar-refractivity contribution is 5.86. The van der Waals surface area contributed by atoms with Gasteiger partial charge in [0.2, 0.25) is 0 Å². The maximum atomic E-state index is 12.5. The zero-order chi connectivity index (χ0) is 39.8. The molecule has 0 fully saturated rings. The third-order valence-electron chi connectivity index (χ3n) is 7.17. The van der Waals surface area contributed by atoms with Crippen molar-refractivity contribution in [3.05, 3.63) is 71.8 Å². The number of esters is 2. The van der Waals surface area contributed by atoms with E-state index in [0.717, 1.165) is 11.1 Å². The predicted molar refractivity (Wildman–Crippen MR) is 201 cm³/mol. The van der Waals surface area contributed by atoms with Crippen LogP contribution in [0.15, 0.2) is 60.7 Å². The van der Waals surface area contributed by atoms with Crippen molar-refractivity contribution >= 4 is 29.9 Å². The van der Waals surface area contributed by atoms with E-state index in [1.165, 1.54) is 6.92 Å². The summed E-state index contributed by atoms with van der Waals surface area (Å²) in [5.41, 5.74) is 6.60. The number of nitrogens with two attached hydrogens (primary N) is 1. The lowest BCUT2D eigenvalue weighted by Gasteiger charge is -2.28. The van der Waals surface area contributed by atoms with Crippen LogP contribution in [-0.2, 0) is 33.3 Å². The lowest BCUT2D eigenvalue weighted by atomic mass is 9.87. The van der Waals surface area contributed by atoms with Gasteiger partial charge in [0.25, 0.3) is 0 Å². The number of benzene rings is 2. The number of Topliss-reactive ketones (excluding diaryl/α,β-unsaturated/α-hetero) is 1. The molecule has 290 valence electrons. The van der Waals surface area contributed by atoms with Crippen molar-refractivity contribution in [3.8, 4) is 0 Å². The van der Waals surface area contributed by atoms with Crippen LogP contribution in [0.1, 0.15) is 119 Å². The van der Waals surface area contributed by atoms with E-state index < -0.39 is 53.3 Å². The Balaban J connectivity index is 0.000000520. The van der Waals surface area contributed by atoms with Crippen LogP contribution >= 0.6 is 0 Å². The number of ether oxygens (including phenoxy) is 4. The summed E-state index contributed by atoms with van der Waals surface area (Å²) in [5.74, 6) is -1.82. The first-order chi connectivity index (χ1) is 24.0. The molecule has 0 aliphatic rings. The van der Waals surface area contributed by atoms with Crippen LogP contribution in [0.3, 0.4) is 0 Å². The molecule has 0 saturated heterocycles. The van der Waals surface area contributed by atoms with E-state index in [1.807, 2.05) is 67.6 Å². The number of hydrogen-bond acceptors (Lipinski definition) is 10. The molecule has 4 N–H and O–H groups in total. The van der Waals surface area contributed by atoms with Gasteiger partial charge >= 0.3 is 24.1 Å². The van der Waals surface area contributed by atoms with Gasteiger partial charge < -0.3 is 35.3 Å². The van der Waals surface area contributed by atoms with Gasteiger partial charge in [0, 0.05) is 17.9 Å². The second-order valence-electron chi connectivity index (χ2n) is 15.3. The van der Waals surface area contributed by atoms with Crippen LogP contribution in [0.25, 0.3) is 0 Å². The summed E-state index contributed by atoms with van der Waals surface area (Å²) in [5, 5.41) is 5.19. The average Bonchev–Trinajstić information content (AvgIpc) is 2.99. The molecule has 0 aliphatic heterocycles. The highest BCUT2D eigenvalue weighted by Crippen LogP contribution is 2.26. The summed E-state index contributed by atoms with van der Waals surface area (Å²) in [6.07, 6.45) is -1.57. The minimum atomic E-state index is -0.985. The highest BCUT2D eigenvalue weighted by atomic mass is 16.6. The second kappa shape index (κ2) is 21.2. The van der Waals surface area contributed by atoms with Gasteiger partial charge in [-0.1, -0.05) is 60.7 Å². The molecule has 0 spiro atoms. The first kappa shape index (κ1) is 45.6. The molecule has 0 radical (unpaired) electrons. The second-order valence-corrected chi connectivity index (χ2v) is 15.3. The number of hydrogen-bond donors (Lipinski definition) is 3. The minimum Gasteiger partial charge on any atom is -0.461 e. The lowest BCUT2D eigenvalue weighted by Crippen LogP contribution is -2.46. The summed E-state index contributed by atoms with van der Waals surface area (Å²) in [6.45, 7) is 20.8. The Morgan fingerprint density at radius 2 is 0.981 bits per heavy atom. The van der Waals surface area contributed by atoms with Crippen LogP contribution < -0.4 is 16.4 Å². The third-order valence-corrected chi connectivity index (χ3v) is 7.17. The Morgan fingerprint density at radius 1 is 0.615 bits per heavy atom. The number of carbonyl (C=O) groups excluding carboxylic acids is 5. The first-order valence-corrected chi connectivity index (χ1v) is 17.7. The molecule has 2 amide bonds. The van der Waals surface area contributed by atoms with Crippen molar-refractivity contribution in [1.29, 1.82) is 0 Å². The monoisotopic (exact) mass is 727 g/mol. The SMILES string of the molecule is CC(=O)C(CC(NC(=O)OC(C)(C)C)C(=O)OC(C)C)c1ccccc1.CC(C)OC(=O)C(CC(c1ccccc1)C(C)N)NC(=O)OC(C)(C)C. The standard InChI is InChI=1S/C20H32N2O4.C20H29NO5/c1-13(2)25-18(23)17(22-19(24)26-20(4,5)6)12-16(14(3)21)15-10-8-7-9-11-15;1-13(2)25-18(23)17(21-19(24)26-20(4,5)6)12-16(14(3)22)15-10-8-7-9-11-15/h7-11,13-14,16-17H,12,21H2,1-6H3,(H,22,24);7-11,13,16-17H,12H2,1-6H3,(H,21,24). The number of amides is 2. The summed E-state index contributed by atoms with van der Waals surface area (Å²) < 4.78 is 21.1. The molecule has 0 aliphatic carbocycles. The quantitative estimate of drug-likeness (QED) is 0.137. The molecule has 0 bridgehead atoms. The van der Waals surface area contributed by atoms with E-state index >= 15 is 0 Å². The van der Waals surface area contributed by atoms with E-state index in [-0.39, 0.29) is 36.4 Å². The largest absolute Gasteiger partial charge is 0.461 e. The van der Waals surface area contributed by atoms with Gasteiger partial charge in [0.05, 0.1) is 12.2 Å². The van der Waals surface area contributed by atoms with Crippen molar-refractivity contribution in [2.24, 2.45) is 5.73 Å². The molecule has 5 atom stereocenters. The fraction of sp³-hybridized carbons (Fsp3) is 0.575. The lowest BCUT2D eigenvalue weighted by molar-refractivity contribution is -0.151. The minimum absolute atomic E-state index is 0.0930.